The minimum Gasteiger partial charge on any atom is -0.336 e. The summed E-state index contributed by atoms with van der Waals surface area (Å²) >= 11 is 1.32. The summed E-state index contributed by atoms with van der Waals surface area (Å²) in [7, 11) is 0. The molecule has 1 saturated carbocycles. The number of amides is 4. The Balaban J connectivity index is 1.28. The van der Waals surface area contributed by atoms with Gasteiger partial charge in [-0.1, -0.05) is 30.4 Å². The normalized spacial score (nSPS) is 29.4. The molecule has 2 aliphatic carbocycles. The first-order valence-corrected chi connectivity index (χ1v) is 9.31. The highest BCUT2D eigenvalue weighted by Crippen LogP contribution is 2.52. The van der Waals surface area contributed by atoms with Gasteiger partial charge < -0.3 is 5.32 Å². The molecule has 0 aromatic carbocycles. The first-order chi connectivity index (χ1) is 12.1. The molecule has 132 valence electrons. The van der Waals surface area contributed by atoms with Crippen LogP contribution in [0.25, 0.3) is 0 Å². The number of nitrogens with one attached hydrogen (secondary N) is 2. The molecule has 1 aromatic rings. The van der Waals surface area contributed by atoms with E-state index in [0.29, 0.717) is 5.13 Å². The molecule has 0 unspecified atom stereocenters. The van der Waals surface area contributed by atoms with E-state index in [4.69, 9.17) is 0 Å². The Labute approximate surface area is 148 Å². The number of aryl methyl sites for hydroxylation is 1. The zero-order valence-electron chi connectivity index (χ0n) is 13.8. The average Bonchev–Trinajstić information content (AvgIpc) is 3.35. The molecular weight excluding hydrogens is 342 g/mol. The smallest absolute Gasteiger partial charge is 0.321 e. The molecule has 4 atom stereocenters. The Morgan fingerprint density at radius 3 is 2.52 bits per heavy atom. The second kappa shape index (κ2) is 6.21. The summed E-state index contributed by atoms with van der Waals surface area (Å²) in [5, 5.41) is 14.3. The lowest BCUT2D eigenvalue weighted by Crippen LogP contribution is -2.40. The zero-order chi connectivity index (χ0) is 17.6. The minimum atomic E-state index is -0.417. The molecule has 8 nitrogen and oxygen atoms in total. The number of fused-ring (bicyclic) bond motifs is 5. The van der Waals surface area contributed by atoms with Crippen LogP contribution in [-0.2, 0) is 16.0 Å². The van der Waals surface area contributed by atoms with Crippen molar-refractivity contribution in [3.05, 3.63) is 17.2 Å². The summed E-state index contributed by atoms with van der Waals surface area (Å²) in [5.41, 5.74) is 0. The molecule has 1 aromatic heterocycles. The number of nitrogens with zero attached hydrogens (tertiary/aromatic N) is 3. The number of hydrogen-bond donors (Lipinski definition) is 2. The quantitative estimate of drug-likeness (QED) is 0.602. The van der Waals surface area contributed by atoms with Gasteiger partial charge in [0.25, 0.3) is 0 Å². The number of imide groups is 1. The maximum absolute atomic E-state index is 12.5. The minimum absolute atomic E-state index is 0.0919. The number of aromatic nitrogens is 2. The number of carbonyl (C=O) groups excluding carboxylic acids is 3. The summed E-state index contributed by atoms with van der Waals surface area (Å²) in [6.07, 6.45) is 5.82. The first kappa shape index (κ1) is 16.2. The molecule has 3 aliphatic rings. The van der Waals surface area contributed by atoms with E-state index in [-0.39, 0.29) is 48.6 Å². The van der Waals surface area contributed by atoms with Gasteiger partial charge in [0.15, 0.2) is 0 Å². The van der Waals surface area contributed by atoms with E-state index in [9.17, 15) is 14.4 Å². The van der Waals surface area contributed by atoms with Crippen molar-refractivity contribution in [1.82, 2.24) is 20.4 Å². The Bertz CT molecular complexity index is 731. The Kier molecular flexibility index (Phi) is 4.03. The lowest BCUT2D eigenvalue weighted by molar-refractivity contribution is -0.140. The van der Waals surface area contributed by atoms with Gasteiger partial charge in [0, 0.05) is 13.1 Å². The van der Waals surface area contributed by atoms with Crippen LogP contribution < -0.4 is 10.6 Å². The number of allylic oxidation sites excluding steroid dienone is 2. The van der Waals surface area contributed by atoms with Gasteiger partial charge >= 0.3 is 6.03 Å². The van der Waals surface area contributed by atoms with Crippen molar-refractivity contribution in [3.8, 4) is 0 Å². The Morgan fingerprint density at radius 2 is 1.92 bits per heavy atom. The van der Waals surface area contributed by atoms with E-state index in [2.05, 4.69) is 33.0 Å². The number of likely N-dealkylation sites (tertiary alicyclic amines) is 1. The molecule has 2 N–H and O–H groups in total. The lowest BCUT2D eigenvalue weighted by Gasteiger charge is -2.17. The van der Waals surface area contributed by atoms with Crippen molar-refractivity contribution in [2.45, 2.75) is 19.8 Å². The largest absolute Gasteiger partial charge is 0.336 e. The first-order valence-electron chi connectivity index (χ1n) is 8.49. The van der Waals surface area contributed by atoms with Gasteiger partial charge in [-0.15, -0.1) is 10.2 Å². The summed E-state index contributed by atoms with van der Waals surface area (Å²) in [4.78, 5) is 38.2. The summed E-state index contributed by atoms with van der Waals surface area (Å²) < 4.78 is 0. The lowest BCUT2D eigenvalue weighted by atomic mass is 9.85. The van der Waals surface area contributed by atoms with Crippen LogP contribution in [0, 0.1) is 23.7 Å². The highest BCUT2D eigenvalue weighted by molar-refractivity contribution is 7.15. The van der Waals surface area contributed by atoms with E-state index >= 15 is 0 Å². The second-order valence-corrected chi connectivity index (χ2v) is 7.63. The van der Waals surface area contributed by atoms with E-state index in [1.165, 1.54) is 16.2 Å². The average molecular weight is 361 g/mol. The van der Waals surface area contributed by atoms with Crippen LogP contribution in [0.3, 0.4) is 0 Å². The maximum atomic E-state index is 12.5. The molecule has 2 bridgehead atoms. The third-order valence-corrected chi connectivity index (χ3v) is 6.16. The standard InChI is InChI=1S/C16H19N5O3S/c1-2-10-19-20-16(25-10)18-15(24)17-5-6-21-13(22)11-8-3-4-9(7-8)12(11)14(21)23/h3-4,8-9,11-12H,2,5-7H2,1H3,(H2,17,18,20,24)/t8-,9-,11-,12-/m0/s1. The van der Waals surface area contributed by atoms with Crippen molar-refractivity contribution in [2.24, 2.45) is 23.7 Å². The molecule has 2 heterocycles. The molecule has 4 rings (SSSR count). The fraction of sp³-hybridized carbons (Fsp3) is 0.562. The van der Waals surface area contributed by atoms with Crippen molar-refractivity contribution in [1.29, 1.82) is 0 Å². The molecule has 9 heteroatoms. The molecule has 1 saturated heterocycles. The van der Waals surface area contributed by atoms with Crippen LogP contribution >= 0.6 is 11.3 Å². The maximum Gasteiger partial charge on any atom is 0.321 e. The van der Waals surface area contributed by atoms with Crippen LogP contribution in [0.1, 0.15) is 18.4 Å². The van der Waals surface area contributed by atoms with Gasteiger partial charge in [-0.3, -0.25) is 19.8 Å². The summed E-state index contributed by atoms with van der Waals surface area (Å²) in [6, 6.07) is -0.417. The fourth-order valence-electron chi connectivity index (χ4n) is 4.05. The predicted molar refractivity (Wildman–Crippen MR) is 90.7 cm³/mol. The van der Waals surface area contributed by atoms with Crippen LogP contribution in [0.2, 0.25) is 0 Å². The van der Waals surface area contributed by atoms with Gasteiger partial charge in [0.05, 0.1) is 11.8 Å². The highest BCUT2D eigenvalue weighted by Gasteiger charge is 2.58. The van der Waals surface area contributed by atoms with E-state index < -0.39 is 6.03 Å². The van der Waals surface area contributed by atoms with E-state index in [1.54, 1.807) is 0 Å². The van der Waals surface area contributed by atoms with Crippen molar-refractivity contribution >= 4 is 34.3 Å². The predicted octanol–water partition coefficient (Wildman–Crippen LogP) is 1.03. The molecule has 25 heavy (non-hydrogen) atoms. The van der Waals surface area contributed by atoms with Crippen molar-refractivity contribution < 1.29 is 14.4 Å². The monoisotopic (exact) mass is 361 g/mol. The number of hydrogen-bond acceptors (Lipinski definition) is 6. The van der Waals surface area contributed by atoms with Crippen LogP contribution in [0.5, 0.6) is 0 Å². The fourth-order valence-corrected chi connectivity index (χ4v) is 4.73. The second-order valence-electron chi connectivity index (χ2n) is 6.56. The molecule has 4 amide bonds. The number of carbonyl (C=O) groups is 3. The van der Waals surface area contributed by atoms with E-state index in [0.717, 1.165) is 17.8 Å². The molecular formula is C16H19N5O3S. The molecule has 0 radical (unpaired) electrons. The summed E-state index contributed by atoms with van der Waals surface area (Å²) in [5.74, 6) is -0.150. The van der Waals surface area contributed by atoms with Crippen molar-refractivity contribution in [3.63, 3.8) is 0 Å². The van der Waals surface area contributed by atoms with E-state index in [1.807, 2.05) is 6.92 Å². The third kappa shape index (κ3) is 2.72. The van der Waals surface area contributed by atoms with Crippen LogP contribution in [0.4, 0.5) is 9.93 Å². The van der Waals surface area contributed by atoms with Gasteiger partial charge in [0.1, 0.15) is 5.01 Å². The van der Waals surface area contributed by atoms with Gasteiger partial charge in [-0.05, 0) is 24.7 Å². The van der Waals surface area contributed by atoms with Gasteiger partial charge in [-0.25, -0.2) is 4.79 Å². The Hall–Kier alpha value is -2.29. The topological polar surface area (TPSA) is 104 Å². The molecule has 1 aliphatic heterocycles. The number of anilines is 1. The SMILES string of the molecule is CCc1nnc(NC(=O)NCCN2C(=O)[C@@H]3[C@@H](C2=O)[C@H]2C=C[C@H]3C2)s1. The van der Waals surface area contributed by atoms with Crippen LogP contribution in [-0.4, -0.2) is 46.0 Å². The number of urea groups is 1. The molecule has 2 fully saturated rings. The Morgan fingerprint density at radius 1 is 1.24 bits per heavy atom. The van der Waals surface area contributed by atoms with Gasteiger partial charge in [-0.2, -0.15) is 0 Å². The number of rotatable bonds is 5. The highest BCUT2D eigenvalue weighted by atomic mass is 32.1. The van der Waals surface area contributed by atoms with Crippen molar-refractivity contribution in [2.75, 3.05) is 18.4 Å². The van der Waals surface area contributed by atoms with Crippen LogP contribution in [0.15, 0.2) is 12.2 Å². The van der Waals surface area contributed by atoms with Gasteiger partial charge in [0.2, 0.25) is 16.9 Å². The summed E-state index contributed by atoms with van der Waals surface area (Å²) in [6.45, 7) is 2.38. The molecule has 0 spiro atoms. The third-order valence-electron chi connectivity index (χ3n) is 5.17. The zero-order valence-corrected chi connectivity index (χ0v) is 14.6.